The molecule has 0 radical (unpaired) electrons. The second-order valence-electron chi connectivity index (χ2n) is 7.39. The summed E-state index contributed by atoms with van der Waals surface area (Å²) in [7, 11) is 0. The predicted octanol–water partition coefficient (Wildman–Crippen LogP) is 4.44. The van der Waals surface area contributed by atoms with Crippen LogP contribution in [0.5, 0.6) is 0 Å². The van der Waals surface area contributed by atoms with Crippen LogP contribution in [0.1, 0.15) is 43.9 Å². The van der Waals surface area contributed by atoms with E-state index in [9.17, 15) is 5.11 Å². The van der Waals surface area contributed by atoms with Gasteiger partial charge < -0.3 is 15.0 Å². The lowest BCUT2D eigenvalue weighted by molar-refractivity contribution is 0.139. The number of nitrogens with zero attached hydrogens (tertiary/aromatic N) is 1. The van der Waals surface area contributed by atoms with Crippen LogP contribution in [-0.2, 0) is 6.54 Å². The number of hydrogen-bond acceptors (Lipinski definition) is 2. The molecule has 1 aliphatic rings. The summed E-state index contributed by atoms with van der Waals surface area (Å²) in [5.74, 6) is 0.705. The number of benzene rings is 1. The number of aliphatic hydroxyl groups excluding tert-OH is 1. The van der Waals surface area contributed by atoms with Gasteiger partial charge in [0.25, 0.3) is 0 Å². The summed E-state index contributed by atoms with van der Waals surface area (Å²) in [5.41, 5.74) is 3.47. The van der Waals surface area contributed by atoms with Crippen LogP contribution in [-0.4, -0.2) is 28.4 Å². The number of aromatic nitrogens is 1. The molecule has 24 heavy (non-hydrogen) atoms. The van der Waals surface area contributed by atoms with Gasteiger partial charge in [0, 0.05) is 23.7 Å². The maximum absolute atomic E-state index is 10.6. The number of para-hydroxylation sites is 1. The minimum atomic E-state index is -0.413. The first-order valence-electron chi connectivity index (χ1n) is 9.14. The number of aryl methyl sites for hydroxylation is 1. The van der Waals surface area contributed by atoms with Crippen LogP contribution in [0.2, 0.25) is 5.02 Å². The van der Waals surface area contributed by atoms with Gasteiger partial charge in [-0.3, -0.25) is 0 Å². The zero-order chi connectivity index (χ0) is 17.3. The Morgan fingerprint density at radius 1 is 1.29 bits per heavy atom. The Balaban J connectivity index is 1.71. The van der Waals surface area contributed by atoms with E-state index in [-0.39, 0.29) is 0 Å². The summed E-state index contributed by atoms with van der Waals surface area (Å²) in [6, 6.07) is 6.56. The molecule has 1 saturated carbocycles. The molecule has 1 heterocycles. The van der Waals surface area contributed by atoms with Crippen molar-refractivity contribution in [3.8, 4) is 0 Å². The van der Waals surface area contributed by atoms with E-state index in [2.05, 4.69) is 36.7 Å². The molecule has 0 bridgehead atoms. The van der Waals surface area contributed by atoms with Crippen molar-refractivity contribution in [1.82, 2.24) is 9.88 Å². The Morgan fingerprint density at radius 3 is 2.79 bits per heavy atom. The first-order valence-corrected chi connectivity index (χ1v) is 9.52. The lowest BCUT2D eigenvalue weighted by Gasteiger charge is -2.30. The third-order valence-electron chi connectivity index (χ3n) is 5.73. The Hall–Kier alpha value is -1.03. The number of rotatable bonds is 5. The van der Waals surface area contributed by atoms with Crippen molar-refractivity contribution >= 4 is 22.5 Å². The van der Waals surface area contributed by atoms with Crippen LogP contribution in [0.4, 0.5) is 0 Å². The van der Waals surface area contributed by atoms with Gasteiger partial charge in [0.15, 0.2) is 0 Å². The molecule has 2 N–H and O–H groups in total. The van der Waals surface area contributed by atoms with E-state index in [1.54, 1.807) is 0 Å². The largest absolute Gasteiger partial charge is 0.390 e. The molecule has 0 unspecified atom stereocenters. The lowest BCUT2D eigenvalue weighted by Crippen LogP contribution is -2.42. The maximum Gasteiger partial charge on any atom is 0.0843 e. The fraction of sp³-hybridized carbons (Fsp3) is 0.600. The van der Waals surface area contributed by atoms with Crippen LogP contribution >= 0.6 is 11.6 Å². The summed E-state index contributed by atoms with van der Waals surface area (Å²) < 4.78 is 2.17. The number of aliphatic hydroxyl groups is 1. The van der Waals surface area contributed by atoms with Crippen LogP contribution in [0.25, 0.3) is 10.9 Å². The van der Waals surface area contributed by atoms with Crippen molar-refractivity contribution < 1.29 is 5.11 Å². The van der Waals surface area contributed by atoms with Crippen molar-refractivity contribution in [2.75, 3.05) is 6.54 Å². The summed E-state index contributed by atoms with van der Waals surface area (Å²) >= 11 is 6.43. The van der Waals surface area contributed by atoms with Gasteiger partial charge in [0.1, 0.15) is 0 Å². The highest BCUT2D eigenvalue weighted by molar-refractivity contribution is 6.35. The molecule has 0 amide bonds. The van der Waals surface area contributed by atoms with Gasteiger partial charge >= 0.3 is 0 Å². The van der Waals surface area contributed by atoms with Crippen molar-refractivity contribution in [3.63, 3.8) is 0 Å². The molecule has 0 saturated heterocycles. The molecule has 4 heteroatoms. The monoisotopic (exact) mass is 348 g/mol. The fourth-order valence-corrected chi connectivity index (χ4v) is 4.34. The number of halogens is 1. The average Bonchev–Trinajstić information content (AvgIpc) is 2.80. The van der Waals surface area contributed by atoms with E-state index < -0.39 is 6.10 Å². The molecular weight excluding hydrogens is 320 g/mol. The molecule has 1 fully saturated rings. The smallest absolute Gasteiger partial charge is 0.0843 e. The summed E-state index contributed by atoms with van der Waals surface area (Å²) in [6.07, 6.45) is 4.75. The second kappa shape index (κ2) is 7.47. The van der Waals surface area contributed by atoms with Crippen LogP contribution in [0.15, 0.2) is 18.2 Å². The third kappa shape index (κ3) is 3.49. The van der Waals surface area contributed by atoms with E-state index in [0.717, 1.165) is 10.5 Å². The minimum Gasteiger partial charge on any atom is -0.390 e. The molecule has 1 aromatic carbocycles. The molecule has 3 rings (SSSR count). The lowest BCUT2D eigenvalue weighted by atomic mass is 9.86. The molecule has 1 aromatic heterocycles. The van der Waals surface area contributed by atoms with E-state index in [4.69, 9.17) is 11.6 Å². The van der Waals surface area contributed by atoms with Gasteiger partial charge in [0.2, 0.25) is 0 Å². The Labute approximate surface area is 150 Å². The van der Waals surface area contributed by atoms with Gasteiger partial charge in [-0.15, -0.1) is 0 Å². The summed E-state index contributed by atoms with van der Waals surface area (Å²) in [6.45, 7) is 7.76. The van der Waals surface area contributed by atoms with Gasteiger partial charge in [-0.2, -0.15) is 0 Å². The average molecular weight is 349 g/mol. The molecular formula is C20H29ClN2O. The van der Waals surface area contributed by atoms with Crippen molar-refractivity contribution in [2.45, 2.75) is 65.1 Å². The zero-order valence-corrected chi connectivity index (χ0v) is 15.7. The number of nitrogens with one attached hydrogen (secondary N) is 1. The highest BCUT2D eigenvalue weighted by Crippen LogP contribution is 2.31. The van der Waals surface area contributed by atoms with Gasteiger partial charge in [0.05, 0.1) is 23.2 Å². The van der Waals surface area contributed by atoms with E-state index in [1.807, 2.05) is 12.1 Å². The highest BCUT2D eigenvalue weighted by Gasteiger charge is 2.22. The third-order valence-corrected chi connectivity index (χ3v) is 6.03. The van der Waals surface area contributed by atoms with Gasteiger partial charge in [-0.1, -0.05) is 43.5 Å². The standard InChI is InChI=1S/C20H29ClN2O/c1-13-7-4-5-10-19(13)22-11-16(24)12-23-15(3)14(2)17-8-6-9-18(21)20(17)23/h6,8-9,13,16,19,22,24H,4-5,7,10-12H2,1-3H3/t13-,16-,19-/m1/s1. The van der Waals surface area contributed by atoms with Crippen LogP contribution in [0.3, 0.4) is 0 Å². The number of fused-ring (bicyclic) bond motifs is 1. The van der Waals surface area contributed by atoms with Crippen molar-refractivity contribution in [3.05, 3.63) is 34.5 Å². The zero-order valence-electron chi connectivity index (χ0n) is 15.0. The maximum atomic E-state index is 10.6. The van der Waals surface area contributed by atoms with Crippen LogP contribution < -0.4 is 5.32 Å². The fourth-order valence-electron chi connectivity index (χ4n) is 4.07. The van der Waals surface area contributed by atoms with Gasteiger partial charge in [-0.05, 0) is 44.2 Å². The molecule has 3 atom stereocenters. The Morgan fingerprint density at radius 2 is 2.04 bits per heavy atom. The van der Waals surface area contributed by atoms with E-state index >= 15 is 0 Å². The first-order chi connectivity index (χ1) is 11.5. The van der Waals surface area contributed by atoms with Gasteiger partial charge in [-0.25, -0.2) is 0 Å². The van der Waals surface area contributed by atoms with E-state index in [0.29, 0.717) is 25.0 Å². The quantitative estimate of drug-likeness (QED) is 0.838. The second-order valence-corrected chi connectivity index (χ2v) is 7.79. The summed E-state index contributed by atoms with van der Waals surface area (Å²) in [5, 5.41) is 16.1. The minimum absolute atomic E-state index is 0.413. The van der Waals surface area contributed by atoms with Crippen LogP contribution in [0, 0.1) is 19.8 Å². The SMILES string of the molecule is Cc1c(C)n(C[C@H](O)CN[C@@H]2CCCC[C@H]2C)c2c(Cl)cccc12. The molecule has 0 spiro atoms. The normalized spacial score (nSPS) is 22.9. The van der Waals surface area contributed by atoms with Crippen molar-refractivity contribution in [2.24, 2.45) is 5.92 Å². The molecule has 0 aliphatic heterocycles. The van der Waals surface area contributed by atoms with Crippen molar-refractivity contribution in [1.29, 1.82) is 0 Å². The van der Waals surface area contributed by atoms with E-state index in [1.165, 1.54) is 42.3 Å². The first kappa shape index (κ1) is 17.8. The molecule has 3 nitrogen and oxygen atoms in total. The Bertz CT molecular complexity index is 709. The predicted molar refractivity (Wildman–Crippen MR) is 102 cm³/mol. The topological polar surface area (TPSA) is 37.2 Å². The molecule has 2 aromatic rings. The summed E-state index contributed by atoms with van der Waals surface area (Å²) in [4.78, 5) is 0. The molecule has 132 valence electrons. The highest BCUT2D eigenvalue weighted by atomic mass is 35.5. The molecule has 1 aliphatic carbocycles. The number of hydrogen-bond donors (Lipinski definition) is 2. The Kier molecular flexibility index (Phi) is 5.53.